The molecule has 0 spiro atoms. The van der Waals surface area contributed by atoms with E-state index in [1.807, 2.05) is 19.1 Å². The number of hydrogen-bond donors (Lipinski definition) is 2. The van der Waals surface area contributed by atoms with Crippen molar-refractivity contribution in [2.75, 3.05) is 18.0 Å². The van der Waals surface area contributed by atoms with Crippen molar-refractivity contribution in [2.45, 2.75) is 70.4 Å². The third-order valence-electron chi connectivity index (χ3n) is 6.36. The second-order valence-corrected chi connectivity index (χ2v) is 8.66. The summed E-state index contributed by atoms with van der Waals surface area (Å²) in [6.07, 6.45) is 7.68. The van der Waals surface area contributed by atoms with Gasteiger partial charge in [-0.3, -0.25) is 4.79 Å². The van der Waals surface area contributed by atoms with E-state index in [0.717, 1.165) is 37.4 Å². The number of amides is 1. The summed E-state index contributed by atoms with van der Waals surface area (Å²) in [5.41, 5.74) is 1.18. The van der Waals surface area contributed by atoms with E-state index in [9.17, 15) is 9.90 Å². The summed E-state index contributed by atoms with van der Waals surface area (Å²) in [7, 11) is 0. The minimum atomic E-state index is -0.463. The zero-order chi connectivity index (χ0) is 19.2. The van der Waals surface area contributed by atoms with Crippen LogP contribution in [0.15, 0.2) is 24.3 Å². The van der Waals surface area contributed by atoms with Crippen LogP contribution < -0.4 is 10.2 Å². The monoisotopic (exact) mass is 392 g/mol. The van der Waals surface area contributed by atoms with E-state index in [-0.39, 0.29) is 17.9 Å². The summed E-state index contributed by atoms with van der Waals surface area (Å²) in [5, 5.41) is 14.8. The van der Waals surface area contributed by atoms with Crippen molar-refractivity contribution in [3.63, 3.8) is 0 Å². The lowest BCUT2D eigenvalue weighted by Gasteiger charge is -2.38. The molecule has 0 aromatic heterocycles. The van der Waals surface area contributed by atoms with Gasteiger partial charge in [-0.05, 0) is 68.2 Å². The molecule has 0 bridgehead atoms. The van der Waals surface area contributed by atoms with Crippen LogP contribution in [0.5, 0.6) is 0 Å². The molecule has 150 valence electrons. The normalized spacial score (nSPS) is 21.2. The Hall–Kier alpha value is -1.26. The first kappa shape index (κ1) is 20.5. The average Bonchev–Trinajstić information content (AvgIpc) is 3.19. The van der Waals surface area contributed by atoms with Crippen LogP contribution in [0.3, 0.4) is 0 Å². The Morgan fingerprint density at radius 1 is 1.19 bits per heavy atom. The van der Waals surface area contributed by atoms with Gasteiger partial charge in [0.15, 0.2) is 0 Å². The van der Waals surface area contributed by atoms with E-state index in [1.165, 1.54) is 31.4 Å². The standard InChI is InChI=1S/C22H33ClN2O2/c1-2-20(24-21(26)15-16-5-3-4-6-16)22(27)17-11-13-25(14-12-17)19-9-7-18(23)8-10-19/h7-10,16-17,20,22,27H,2-6,11-15H2,1H3,(H,24,26). The lowest BCUT2D eigenvalue weighted by Crippen LogP contribution is -2.49. The molecule has 2 atom stereocenters. The lowest BCUT2D eigenvalue weighted by atomic mass is 9.86. The van der Waals surface area contributed by atoms with Crippen LogP contribution in [0.2, 0.25) is 5.02 Å². The van der Waals surface area contributed by atoms with Gasteiger partial charge >= 0.3 is 0 Å². The number of nitrogens with one attached hydrogen (secondary N) is 1. The number of aliphatic hydroxyl groups is 1. The molecule has 1 aromatic carbocycles. The Balaban J connectivity index is 1.48. The Kier molecular flexibility index (Phi) is 7.42. The zero-order valence-electron chi connectivity index (χ0n) is 16.4. The van der Waals surface area contributed by atoms with Crippen LogP contribution in [0.1, 0.15) is 58.3 Å². The number of piperidine rings is 1. The highest BCUT2D eigenvalue weighted by Gasteiger charge is 2.31. The lowest BCUT2D eigenvalue weighted by molar-refractivity contribution is -0.124. The molecule has 1 saturated carbocycles. The Labute approximate surface area is 168 Å². The predicted molar refractivity (Wildman–Crippen MR) is 111 cm³/mol. The number of nitrogens with zero attached hydrogens (tertiary/aromatic N) is 1. The zero-order valence-corrected chi connectivity index (χ0v) is 17.1. The molecule has 0 radical (unpaired) electrons. The molecule has 2 aliphatic rings. The molecule has 1 aliphatic carbocycles. The van der Waals surface area contributed by atoms with Crippen LogP contribution in [-0.4, -0.2) is 36.2 Å². The fraction of sp³-hybridized carbons (Fsp3) is 0.682. The molecule has 3 rings (SSSR count). The van der Waals surface area contributed by atoms with Crippen LogP contribution in [-0.2, 0) is 4.79 Å². The number of rotatable bonds is 7. The first-order chi connectivity index (χ1) is 13.1. The SMILES string of the molecule is CCC(NC(=O)CC1CCCC1)C(O)C1CCN(c2ccc(Cl)cc2)CC1. The Morgan fingerprint density at radius 2 is 1.81 bits per heavy atom. The second-order valence-electron chi connectivity index (χ2n) is 8.23. The van der Waals surface area contributed by atoms with Gasteiger partial charge in [0.25, 0.3) is 0 Å². The van der Waals surface area contributed by atoms with Crippen LogP contribution >= 0.6 is 11.6 Å². The van der Waals surface area contributed by atoms with E-state index in [2.05, 4.69) is 22.3 Å². The molecule has 1 saturated heterocycles. The van der Waals surface area contributed by atoms with Crippen molar-refractivity contribution in [1.82, 2.24) is 5.32 Å². The maximum atomic E-state index is 12.4. The number of halogens is 1. The molecule has 1 aromatic rings. The highest BCUT2D eigenvalue weighted by Crippen LogP contribution is 2.29. The van der Waals surface area contributed by atoms with E-state index in [4.69, 9.17) is 11.6 Å². The van der Waals surface area contributed by atoms with Gasteiger partial charge in [-0.2, -0.15) is 0 Å². The Bertz CT molecular complexity index is 593. The van der Waals surface area contributed by atoms with Gasteiger partial charge in [-0.15, -0.1) is 0 Å². The van der Waals surface area contributed by atoms with Gasteiger partial charge in [0.2, 0.25) is 5.91 Å². The number of carbonyl (C=O) groups is 1. The summed E-state index contributed by atoms with van der Waals surface area (Å²) in [6, 6.07) is 7.82. The van der Waals surface area contributed by atoms with Crippen molar-refractivity contribution < 1.29 is 9.90 Å². The number of benzene rings is 1. The third kappa shape index (κ3) is 5.61. The smallest absolute Gasteiger partial charge is 0.220 e. The largest absolute Gasteiger partial charge is 0.391 e. The first-order valence-electron chi connectivity index (χ1n) is 10.5. The van der Waals surface area contributed by atoms with Gasteiger partial charge in [0.1, 0.15) is 0 Å². The maximum Gasteiger partial charge on any atom is 0.220 e. The van der Waals surface area contributed by atoms with Crippen molar-refractivity contribution >= 4 is 23.2 Å². The van der Waals surface area contributed by atoms with E-state index in [1.54, 1.807) is 0 Å². The molecule has 2 fully saturated rings. The number of carbonyl (C=O) groups excluding carboxylic acids is 1. The fourth-order valence-corrected chi connectivity index (χ4v) is 4.78. The molecule has 27 heavy (non-hydrogen) atoms. The van der Waals surface area contributed by atoms with E-state index >= 15 is 0 Å². The molecule has 1 amide bonds. The van der Waals surface area contributed by atoms with Gasteiger partial charge in [0.05, 0.1) is 12.1 Å². The number of anilines is 1. The quantitative estimate of drug-likeness (QED) is 0.723. The maximum absolute atomic E-state index is 12.4. The van der Waals surface area contributed by atoms with Crippen molar-refractivity contribution in [3.8, 4) is 0 Å². The summed E-state index contributed by atoms with van der Waals surface area (Å²) in [4.78, 5) is 14.7. The minimum Gasteiger partial charge on any atom is -0.391 e. The molecule has 1 aliphatic heterocycles. The van der Waals surface area contributed by atoms with Crippen molar-refractivity contribution in [2.24, 2.45) is 11.8 Å². The molecule has 2 N–H and O–H groups in total. The highest BCUT2D eigenvalue weighted by molar-refractivity contribution is 6.30. The van der Waals surface area contributed by atoms with Crippen LogP contribution in [0, 0.1) is 11.8 Å². The van der Waals surface area contributed by atoms with Crippen LogP contribution in [0.4, 0.5) is 5.69 Å². The summed E-state index contributed by atoms with van der Waals surface area (Å²) >= 11 is 5.97. The molecular weight excluding hydrogens is 360 g/mol. The molecule has 5 heteroatoms. The number of aliphatic hydroxyl groups excluding tert-OH is 1. The van der Waals surface area contributed by atoms with Crippen LogP contribution in [0.25, 0.3) is 0 Å². The topological polar surface area (TPSA) is 52.6 Å². The van der Waals surface area contributed by atoms with E-state index < -0.39 is 6.10 Å². The second kappa shape index (κ2) is 9.79. The molecule has 1 heterocycles. The predicted octanol–water partition coefficient (Wildman–Crippen LogP) is 4.39. The Morgan fingerprint density at radius 3 is 2.41 bits per heavy atom. The number of hydrogen-bond acceptors (Lipinski definition) is 3. The third-order valence-corrected chi connectivity index (χ3v) is 6.61. The van der Waals surface area contributed by atoms with Gasteiger partial charge in [-0.1, -0.05) is 31.4 Å². The first-order valence-corrected chi connectivity index (χ1v) is 10.9. The van der Waals surface area contributed by atoms with Gasteiger partial charge in [-0.25, -0.2) is 0 Å². The summed E-state index contributed by atoms with van der Waals surface area (Å²) < 4.78 is 0. The van der Waals surface area contributed by atoms with Gasteiger partial charge in [0, 0.05) is 30.2 Å². The summed E-state index contributed by atoms with van der Waals surface area (Å²) in [6.45, 7) is 3.90. The molecule has 2 unspecified atom stereocenters. The fourth-order valence-electron chi connectivity index (χ4n) is 4.65. The van der Waals surface area contributed by atoms with Crippen molar-refractivity contribution in [3.05, 3.63) is 29.3 Å². The van der Waals surface area contributed by atoms with E-state index in [0.29, 0.717) is 12.3 Å². The van der Waals surface area contributed by atoms with Gasteiger partial charge < -0.3 is 15.3 Å². The van der Waals surface area contributed by atoms with Crippen molar-refractivity contribution in [1.29, 1.82) is 0 Å². The summed E-state index contributed by atoms with van der Waals surface area (Å²) in [5.74, 6) is 0.902. The molecule has 4 nitrogen and oxygen atoms in total. The average molecular weight is 393 g/mol. The highest BCUT2D eigenvalue weighted by atomic mass is 35.5. The molecular formula is C22H33ClN2O2. The minimum absolute atomic E-state index is 0.117.